The van der Waals surface area contributed by atoms with Crippen molar-refractivity contribution in [2.75, 3.05) is 5.32 Å². The van der Waals surface area contributed by atoms with Crippen LogP contribution in [0.2, 0.25) is 5.15 Å². The van der Waals surface area contributed by atoms with Gasteiger partial charge in [0, 0.05) is 5.56 Å². The predicted molar refractivity (Wildman–Crippen MR) is 72.5 cm³/mol. The fraction of sp³-hybridized carbons (Fsp3) is 0.154. The Balaban J connectivity index is 2.07. The Morgan fingerprint density at radius 1 is 1.18 bits per heavy atom. The molecule has 0 fully saturated rings. The molecule has 0 aliphatic carbocycles. The number of aromatic nitrogens is 2. The average molecular weight is 332 g/mol. The highest BCUT2D eigenvalue weighted by atomic mass is 35.5. The molecule has 0 aliphatic heterocycles. The topological polar surface area (TPSA) is 64.1 Å². The van der Waals surface area contributed by atoms with Crippen molar-refractivity contribution in [1.29, 1.82) is 0 Å². The number of ether oxygens (including phenoxy) is 1. The molecule has 0 aliphatic rings. The smallest absolute Gasteiger partial charge is 0.405 e. The summed E-state index contributed by atoms with van der Waals surface area (Å²) in [5, 5.41) is 9.70. The molecule has 1 aromatic carbocycles. The summed E-state index contributed by atoms with van der Waals surface area (Å²) in [7, 11) is 0. The summed E-state index contributed by atoms with van der Waals surface area (Å²) in [6, 6.07) is 8.24. The van der Waals surface area contributed by atoms with Crippen molar-refractivity contribution < 1.29 is 22.7 Å². The summed E-state index contributed by atoms with van der Waals surface area (Å²) in [5.74, 6) is -0.842. The molecule has 1 aromatic heterocycles. The Morgan fingerprint density at radius 2 is 1.91 bits per heavy atom. The number of alkyl halides is 3. The van der Waals surface area contributed by atoms with Gasteiger partial charge in [0.15, 0.2) is 11.0 Å². The highest BCUT2D eigenvalue weighted by molar-refractivity contribution is 6.29. The monoisotopic (exact) mass is 331 g/mol. The van der Waals surface area contributed by atoms with E-state index in [1.54, 1.807) is 0 Å². The summed E-state index contributed by atoms with van der Waals surface area (Å²) in [6.07, 6.45) is -5.13. The van der Waals surface area contributed by atoms with Crippen LogP contribution in [0, 0.1) is 0 Å². The van der Waals surface area contributed by atoms with Gasteiger partial charge in [-0.15, -0.1) is 23.4 Å². The highest BCUT2D eigenvalue weighted by Gasteiger charge is 2.32. The van der Waals surface area contributed by atoms with E-state index in [1.807, 2.05) is 0 Å². The number of halogens is 4. The zero-order valence-electron chi connectivity index (χ0n) is 10.9. The standard InChI is InChI=1S/C13H9ClF3N3O2/c14-10-5-6-11(20-19-10)18-12(21)7-8-3-1-2-4-9(8)22-13(15,16)17/h1-6H,7H2,(H,18,20,21). The van der Waals surface area contributed by atoms with Crippen LogP contribution in [0.4, 0.5) is 19.0 Å². The molecule has 9 heteroatoms. The zero-order valence-corrected chi connectivity index (χ0v) is 11.6. The van der Waals surface area contributed by atoms with Crippen molar-refractivity contribution in [3.05, 3.63) is 47.1 Å². The summed E-state index contributed by atoms with van der Waals surface area (Å²) in [5.41, 5.74) is 0.0965. The van der Waals surface area contributed by atoms with Crippen molar-refractivity contribution in [3.63, 3.8) is 0 Å². The Bertz CT molecular complexity index is 662. The van der Waals surface area contributed by atoms with Crippen LogP contribution in [0.15, 0.2) is 36.4 Å². The van der Waals surface area contributed by atoms with Crippen LogP contribution in [0.25, 0.3) is 0 Å². The maximum absolute atomic E-state index is 12.3. The second-order valence-electron chi connectivity index (χ2n) is 4.12. The quantitative estimate of drug-likeness (QED) is 0.934. The number of nitrogens with zero attached hydrogens (tertiary/aromatic N) is 2. The molecule has 0 atom stereocenters. The van der Waals surface area contributed by atoms with Gasteiger partial charge in [0.2, 0.25) is 5.91 Å². The molecule has 0 saturated heterocycles. The molecule has 1 amide bonds. The average Bonchev–Trinajstić information content (AvgIpc) is 2.42. The third kappa shape index (κ3) is 4.88. The van der Waals surface area contributed by atoms with Gasteiger partial charge in [0.25, 0.3) is 0 Å². The Morgan fingerprint density at radius 3 is 2.55 bits per heavy atom. The zero-order chi connectivity index (χ0) is 16.2. The molecule has 5 nitrogen and oxygen atoms in total. The number of benzene rings is 1. The minimum Gasteiger partial charge on any atom is -0.405 e. The van der Waals surface area contributed by atoms with Crippen LogP contribution >= 0.6 is 11.6 Å². The van der Waals surface area contributed by atoms with Crippen molar-refractivity contribution in [3.8, 4) is 5.75 Å². The van der Waals surface area contributed by atoms with Gasteiger partial charge in [-0.3, -0.25) is 4.79 Å². The molecule has 0 unspecified atom stereocenters. The van der Waals surface area contributed by atoms with E-state index in [4.69, 9.17) is 11.6 Å². The van der Waals surface area contributed by atoms with Gasteiger partial charge in [-0.1, -0.05) is 29.8 Å². The maximum atomic E-state index is 12.3. The van der Waals surface area contributed by atoms with Gasteiger partial charge in [-0.25, -0.2) is 0 Å². The molecule has 0 radical (unpaired) electrons. The van der Waals surface area contributed by atoms with Gasteiger partial charge in [0.05, 0.1) is 6.42 Å². The molecular weight excluding hydrogens is 323 g/mol. The van der Waals surface area contributed by atoms with Crippen LogP contribution in [-0.4, -0.2) is 22.5 Å². The number of hydrogen-bond donors (Lipinski definition) is 1. The molecule has 1 N–H and O–H groups in total. The number of hydrogen-bond acceptors (Lipinski definition) is 4. The van der Waals surface area contributed by atoms with Crippen molar-refractivity contribution in [1.82, 2.24) is 10.2 Å². The van der Waals surface area contributed by atoms with Crippen LogP contribution in [0.5, 0.6) is 5.75 Å². The number of nitrogens with one attached hydrogen (secondary N) is 1. The van der Waals surface area contributed by atoms with Gasteiger partial charge in [-0.05, 0) is 18.2 Å². The molecule has 2 aromatic rings. The lowest BCUT2D eigenvalue weighted by molar-refractivity contribution is -0.274. The van der Waals surface area contributed by atoms with E-state index in [9.17, 15) is 18.0 Å². The fourth-order valence-corrected chi connectivity index (χ4v) is 1.72. The lowest BCUT2D eigenvalue weighted by atomic mass is 10.1. The normalized spacial score (nSPS) is 11.1. The lowest BCUT2D eigenvalue weighted by Crippen LogP contribution is -2.20. The number of para-hydroxylation sites is 1. The first kappa shape index (κ1) is 16.0. The molecule has 0 saturated carbocycles. The van der Waals surface area contributed by atoms with Gasteiger partial charge < -0.3 is 10.1 Å². The molecule has 116 valence electrons. The molecule has 0 bridgehead atoms. The Labute approximate surface area is 128 Å². The summed E-state index contributed by atoms with van der Waals surface area (Å²) in [4.78, 5) is 11.8. The molecule has 22 heavy (non-hydrogen) atoms. The maximum Gasteiger partial charge on any atom is 0.573 e. The minimum absolute atomic E-state index is 0.0965. The van der Waals surface area contributed by atoms with E-state index in [-0.39, 0.29) is 23.0 Å². The summed E-state index contributed by atoms with van der Waals surface area (Å²) in [6.45, 7) is 0. The van der Waals surface area contributed by atoms with Gasteiger partial charge in [0.1, 0.15) is 5.75 Å². The SMILES string of the molecule is O=C(Cc1ccccc1OC(F)(F)F)Nc1ccc(Cl)nn1. The van der Waals surface area contributed by atoms with E-state index in [1.165, 1.54) is 30.3 Å². The van der Waals surface area contributed by atoms with Crippen molar-refractivity contribution in [2.45, 2.75) is 12.8 Å². The third-order valence-electron chi connectivity index (χ3n) is 2.45. The highest BCUT2D eigenvalue weighted by Crippen LogP contribution is 2.26. The van der Waals surface area contributed by atoms with Crippen LogP contribution in [0.3, 0.4) is 0 Å². The minimum atomic E-state index is -4.83. The van der Waals surface area contributed by atoms with Crippen LogP contribution in [0.1, 0.15) is 5.56 Å². The molecular formula is C13H9ClF3N3O2. The van der Waals surface area contributed by atoms with E-state index in [2.05, 4.69) is 20.3 Å². The lowest BCUT2D eigenvalue weighted by Gasteiger charge is -2.12. The Kier molecular flexibility index (Phi) is 4.81. The first-order valence-electron chi connectivity index (χ1n) is 5.96. The Hall–Kier alpha value is -2.35. The number of rotatable bonds is 4. The van der Waals surface area contributed by atoms with E-state index in [0.717, 1.165) is 6.07 Å². The van der Waals surface area contributed by atoms with Gasteiger partial charge >= 0.3 is 6.36 Å². The molecule has 0 spiro atoms. The molecule has 2 rings (SSSR count). The van der Waals surface area contributed by atoms with Crippen molar-refractivity contribution >= 4 is 23.3 Å². The number of anilines is 1. The number of amides is 1. The first-order valence-corrected chi connectivity index (χ1v) is 6.34. The van der Waals surface area contributed by atoms with Crippen LogP contribution < -0.4 is 10.1 Å². The fourth-order valence-electron chi connectivity index (χ4n) is 1.62. The van der Waals surface area contributed by atoms with Gasteiger partial charge in [-0.2, -0.15) is 0 Å². The number of carbonyl (C=O) groups is 1. The molecule has 1 heterocycles. The van der Waals surface area contributed by atoms with Crippen LogP contribution in [-0.2, 0) is 11.2 Å². The summed E-state index contributed by atoms with van der Waals surface area (Å²) >= 11 is 5.55. The van der Waals surface area contributed by atoms with E-state index < -0.39 is 18.0 Å². The summed E-state index contributed by atoms with van der Waals surface area (Å²) < 4.78 is 40.7. The second kappa shape index (κ2) is 6.61. The first-order chi connectivity index (χ1) is 10.3. The predicted octanol–water partition coefficient (Wildman–Crippen LogP) is 3.21. The van der Waals surface area contributed by atoms with E-state index >= 15 is 0 Å². The second-order valence-corrected chi connectivity index (χ2v) is 4.51. The third-order valence-corrected chi connectivity index (χ3v) is 2.65. The van der Waals surface area contributed by atoms with E-state index in [0.29, 0.717) is 0 Å². The number of carbonyl (C=O) groups excluding carboxylic acids is 1. The largest absolute Gasteiger partial charge is 0.573 e. The van der Waals surface area contributed by atoms with Crippen molar-refractivity contribution in [2.24, 2.45) is 0 Å².